The fourth-order valence-electron chi connectivity index (χ4n) is 4.77. The molecule has 37 heavy (non-hydrogen) atoms. The number of nitrogens with zero attached hydrogens (tertiary/aromatic N) is 6. The molecule has 0 saturated carbocycles. The van der Waals surface area contributed by atoms with E-state index in [1.54, 1.807) is 25.5 Å². The number of hydrogen-bond acceptors (Lipinski definition) is 9. The molecule has 1 aliphatic heterocycles. The number of halogens is 1. The van der Waals surface area contributed by atoms with Crippen molar-refractivity contribution in [2.75, 3.05) is 28.8 Å². The van der Waals surface area contributed by atoms with Gasteiger partial charge in [-0.15, -0.1) is 5.10 Å². The van der Waals surface area contributed by atoms with E-state index in [0.717, 1.165) is 22.0 Å². The molecule has 1 aromatic carbocycles. The molecular formula is C25H29FN8O2S. The van der Waals surface area contributed by atoms with Crippen molar-refractivity contribution in [3.8, 4) is 11.4 Å². The molecule has 1 saturated heterocycles. The summed E-state index contributed by atoms with van der Waals surface area (Å²) in [7, 11) is -1.47. The zero-order valence-electron chi connectivity index (χ0n) is 21.1. The average molecular weight is 525 g/mol. The van der Waals surface area contributed by atoms with Crippen molar-refractivity contribution >= 4 is 37.9 Å². The van der Waals surface area contributed by atoms with Gasteiger partial charge in [-0.25, -0.2) is 23.4 Å². The second-order valence-electron chi connectivity index (χ2n) is 9.84. The zero-order valence-corrected chi connectivity index (χ0v) is 21.9. The third kappa shape index (κ3) is 4.98. The number of fused-ring (bicyclic) bond motifs is 1. The van der Waals surface area contributed by atoms with Crippen LogP contribution in [0.1, 0.15) is 25.3 Å². The number of nitrogens with two attached hydrogens (primary N) is 1. The van der Waals surface area contributed by atoms with Crippen LogP contribution >= 0.6 is 0 Å². The van der Waals surface area contributed by atoms with E-state index in [1.807, 2.05) is 17.0 Å². The summed E-state index contributed by atoms with van der Waals surface area (Å²) in [6.45, 7) is 4.82. The van der Waals surface area contributed by atoms with Crippen molar-refractivity contribution in [3.05, 3.63) is 54.4 Å². The van der Waals surface area contributed by atoms with Gasteiger partial charge >= 0.3 is 0 Å². The molecule has 10 nitrogen and oxygen atoms in total. The molecule has 0 spiro atoms. The van der Waals surface area contributed by atoms with Crippen molar-refractivity contribution in [2.45, 2.75) is 25.9 Å². The van der Waals surface area contributed by atoms with Gasteiger partial charge in [0.05, 0.1) is 17.5 Å². The molecule has 0 amide bonds. The van der Waals surface area contributed by atoms with Crippen LogP contribution in [0.5, 0.6) is 0 Å². The van der Waals surface area contributed by atoms with Gasteiger partial charge in [-0.1, -0.05) is 19.9 Å². The van der Waals surface area contributed by atoms with Crippen molar-refractivity contribution < 1.29 is 12.8 Å². The summed E-state index contributed by atoms with van der Waals surface area (Å²) in [6, 6.07) is 7.75. The highest BCUT2D eigenvalue weighted by molar-refractivity contribution is 7.90. The number of benzene rings is 1. The molecule has 3 aromatic heterocycles. The predicted molar refractivity (Wildman–Crippen MR) is 142 cm³/mol. The van der Waals surface area contributed by atoms with Crippen molar-refractivity contribution in [3.63, 3.8) is 0 Å². The lowest BCUT2D eigenvalue weighted by molar-refractivity contribution is 0.328. The van der Waals surface area contributed by atoms with Gasteiger partial charge in [0.15, 0.2) is 5.82 Å². The Balaban J connectivity index is 1.47. The van der Waals surface area contributed by atoms with Crippen LogP contribution in [-0.4, -0.2) is 57.9 Å². The Labute approximate surface area is 214 Å². The standard InChI is InChI=1S/C25H29FN8O2S/c1-14(2)16-5-6-20(34-11-15(24(34)27)13-37(4,35)36)18-10-29-22(9-17(16)18)30-21-7-8-28-25(31-21)19-12-33(3)32-23(19)26/h5-10,12,14-15,24H,11,13,27H2,1-4H3,(H,28,29,30,31)/t15-,24+/m1/s1. The topological polar surface area (TPSA) is 132 Å². The average Bonchev–Trinajstić information content (AvgIpc) is 3.18. The molecule has 0 radical (unpaired) electrons. The molecule has 0 unspecified atom stereocenters. The zero-order chi connectivity index (χ0) is 26.5. The summed E-state index contributed by atoms with van der Waals surface area (Å²) in [5, 5.41) is 8.86. The fourth-order valence-corrected chi connectivity index (χ4v) is 5.85. The largest absolute Gasteiger partial charge is 0.355 e. The molecule has 1 aliphatic rings. The van der Waals surface area contributed by atoms with E-state index in [0.29, 0.717) is 18.2 Å². The normalized spacial score (nSPS) is 17.9. The van der Waals surface area contributed by atoms with Gasteiger partial charge in [-0.2, -0.15) is 4.39 Å². The fraction of sp³-hybridized carbons (Fsp3) is 0.360. The summed E-state index contributed by atoms with van der Waals surface area (Å²) < 4.78 is 39.0. The number of nitrogens with one attached hydrogen (secondary N) is 1. The highest BCUT2D eigenvalue weighted by Crippen LogP contribution is 2.38. The van der Waals surface area contributed by atoms with Crippen LogP contribution in [-0.2, 0) is 16.9 Å². The third-order valence-corrected chi connectivity index (χ3v) is 7.60. The first-order chi connectivity index (χ1) is 17.5. The number of pyridine rings is 1. The molecule has 5 rings (SSSR count). The summed E-state index contributed by atoms with van der Waals surface area (Å²) >= 11 is 0. The molecule has 194 valence electrons. The Morgan fingerprint density at radius 3 is 2.62 bits per heavy atom. The van der Waals surface area contributed by atoms with Crippen LogP contribution in [0.25, 0.3) is 22.2 Å². The first-order valence-electron chi connectivity index (χ1n) is 11.9. The van der Waals surface area contributed by atoms with Gasteiger partial charge in [0.25, 0.3) is 0 Å². The highest BCUT2D eigenvalue weighted by Gasteiger charge is 2.39. The minimum absolute atomic E-state index is 0.0723. The highest BCUT2D eigenvalue weighted by atomic mass is 32.2. The molecule has 2 atom stereocenters. The van der Waals surface area contributed by atoms with Gasteiger partial charge in [0.1, 0.15) is 21.5 Å². The Bertz CT molecular complexity index is 1590. The van der Waals surface area contributed by atoms with Gasteiger partial charge in [0, 0.05) is 55.4 Å². The van der Waals surface area contributed by atoms with Crippen LogP contribution in [0.2, 0.25) is 0 Å². The van der Waals surface area contributed by atoms with Crippen molar-refractivity contribution in [1.29, 1.82) is 0 Å². The molecule has 1 fully saturated rings. The molecule has 12 heteroatoms. The SMILES string of the molecule is CC(C)c1ccc(N2C[C@H](CS(C)(=O)=O)[C@H]2N)c2cnc(Nc3ccnc(-c4cn(C)nc4F)n3)cc12. The maximum absolute atomic E-state index is 14.1. The minimum Gasteiger partial charge on any atom is -0.355 e. The number of hydrogen-bond donors (Lipinski definition) is 2. The van der Waals surface area contributed by atoms with Gasteiger partial charge in [-0.05, 0) is 35.1 Å². The van der Waals surface area contributed by atoms with Crippen LogP contribution in [0.3, 0.4) is 0 Å². The number of rotatable bonds is 7. The van der Waals surface area contributed by atoms with Gasteiger partial charge in [0.2, 0.25) is 5.95 Å². The Morgan fingerprint density at radius 1 is 1.19 bits per heavy atom. The van der Waals surface area contributed by atoms with Crippen molar-refractivity contribution in [2.24, 2.45) is 18.7 Å². The second-order valence-corrected chi connectivity index (χ2v) is 12.0. The van der Waals surface area contributed by atoms with E-state index in [-0.39, 0.29) is 35.1 Å². The van der Waals surface area contributed by atoms with Gasteiger partial charge < -0.3 is 16.0 Å². The summed E-state index contributed by atoms with van der Waals surface area (Å²) in [6.07, 6.45) is 5.72. The second kappa shape index (κ2) is 9.34. The number of aryl methyl sites for hydroxylation is 1. The van der Waals surface area contributed by atoms with Crippen LogP contribution in [0.4, 0.5) is 21.7 Å². The number of anilines is 3. The predicted octanol–water partition coefficient (Wildman–Crippen LogP) is 3.20. The maximum atomic E-state index is 14.1. The van der Waals surface area contributed by atoms with E-state index < -0.39 is 15.8 Å². The molecule has 4 heterocycles. The number of aromatic nitrogens is 5. The Kier molecular flexibility index (Phi) is 6.32. The monoisotopic (exact) mass is 524 g/mol. The molecule has 0 bridgehead atoms. The summed E-state index contributed by atoms with van der Waals surface area (Å²) in [5.74, 6) is 0.844. The van der Waals surface area contributed by atoms with E-state index >= 15 is 0 Å². The van der Waals surface area contributed by atoms with E-state index in [1.165, 1.54) is 17.1 Å². The number of sulfone groups is 1. The maximum Gasteiger partial charge on any atom is 0.243 e. The lowest BCUT2D eigenvalue weighted by atomic mass is 9.92. The Morgan fingerprint density at radius 2 is 1.97 bits per heavy atom. The molecule has 4 aromatic rings. The summed E-state index contributed by atoms with van der Waals surface area (Å²) in [5.41, 5.74) is 8.66. The van der Waals surface area contributed by atoms with Crippen molar-refractivity contribution in [1.82, 2.24) is 24.7 Å². The smallest absolute Gasteiger partial charge is 0.243 e. The first kappa shape index (κ1) is 25.0. The lowest BCUT2D eigenvalue weighted by Gasteiger charge is -2.47. The first-order valence-corrected chi connectivity index (χ1v) is 14.0. The van der Waals surface area contributed by atoms with Crippen LogP contribution in [0.15, 0.2) is 42.9 Å². The quantitative estimate of drug-likeness (QED) is 0.374. The van der Waals surface area contributed by atoms with E-state index in [9.17, 15) is 12.8 Å². The lowest BCUT2D eigenvalue weighted by Crippen LogP contribution is -2.63. The third-order valence-electron chi connectivity index (χ3n) is 6.57. The molecule has 3 N–H and O–H groups in total. The van der Waals surface area contributed by atoms with Crippen LogP contribution < -0.4 is 16.0 Å². The minimum atomic E-state index is -3.10. The molecule has 0 aliphatic carbocycles. The van der Waals surface area contributed by atoms with E-state index in [4.69, 9.17) is 5.73 Å². The van der Waals surface area contributed by atoms with Gasteiger partial charge in [-0.3, -0.25) is 4.68 Å². The Hall–Kier alpha value is -3.64. The van der Waals surface area contributed by atoms with Crippen LogP contribution in [0, 0.1) is 11.9 Å². The summed E-state index contributed by atoms with van der Waals surface area (Å²) in [4.78, 5) is 15.2. The van der Waals surface area contributed by atoms with E-state index in [2.05, 4.69) is 45.3 Å². The molecular weight excluding hydrogens is 495 g/mol.